The second-order valence-electron chi connectivity index (χ2n) is 5.10. The fourth-order valence-corrected chi connectivity index (χ4v) is 2.25. The summed E-state index contributed by atoms with van der Waals surface area (Å²) in [5, 5.41) is 13.4. The van der Waals surface area contributed by atoms with Gasteiger partial charge >= 0.3 is 5.97 Å². The zero-order chi connectivity index (χ0) is 18.4. The molecule has 0 radical (unpaired) electrons. The largest absolute Gasteiger partial charge is 0.452 e. The molecule has 0 aromatic heterocycles. The van der Waals surface area contributed by atoms with Gasteiger partial charge < -0.3 is 10.1 Å². The molecular weight excluding hydrogens is 348 g/mol. The lowest BCUT2D eigenvalue weighted by molar-refractivity contribution is -0.384. The summed E-state index contributed by atoms with van der Waals surface area (Å²) in [6.45, 7) is 1.49. The van der Waals surface area contributed by atoms with E-state index in [0.717, 1.165) is 18.1 Å². The molecule has 0 spiro atoms. The van der Waals surface area contributed by atoms with Gasteiger partial charge in [0.25, 0.3) is 11.6 Å². The minimum Gasteiger partial charge on any atom is -0.452 e. The molecule has 8 heteroatoms. The van der Waals surface area contributed by atoms with Gasteiger partial charge in [-0.3, -0.25) is 14.9 Å². The molecule has 0 aliphatic rings. The lowest BCUT2D eigenvalue weighted by atomic mass is 10.1. The van der Waals surface area contributed by atoms with Gasteiger partial charge in [0, 0.05) is 11.8 Å². The van der Waals surface area contributed by atoms with E-state index in [1.54, 1.807) is 6.07 Å². The molecule has 130 valence electrons. The number of esters is 1. The Morgan fingerprint density at radius 1 is 1.24 bits per heavy atom. The first kappa shape index (κ1) is 18.4. The van der Waals surface area contributed by atoms with E-state index in [1.165, 1.54) is 12.1 Å². The number of nitrogens with zero attached hydrogens (tertiary/aromatic N) is 1. The normalized spacial score (nSPS) is 10.2. The van der Waals surface area contributed by atoms with Crippen molar-refractivity contribution in [3.8, 4) is 0 Å². The number of nitro benzene ring substituents is 1. The van der Waals surface area contributed by atoms with Crippen LogP contribution >= 0.6 is 11.6 Å². The van der Waals surface area contributed by atoms with Crippen molar-refractivity contribution in [2.45, 2.75) is 13.3 Å². The van der Waals surface area contributed by atoms with E-state index in [0.29, 0.717) is 5.69 Å². The van der Waals surface area contributed by atoms with E-state index in [9.17, 15) is 19.7 Å². The number of amides is 1. The molecule has 0 aliphatic carbocycles. The Kier molecular flexibility index (Phi) is 6.08. The Labute approximate surface area is 148 Å². The van der Waals surface area contributed by atoms with Crippen molar-refractivity contribution < 1.29 is 19.2 Å². The van der Waals surface area contributed by atoms with Crippen molar-refractivity contribution in [2.75, 3.05) is 11.9 Å². The molecule has 0 bridgehead atoms. The predicted octanol–water partition coefficient (Wildman–Crippen LogP) is 3.61. The van der Waals surface area contributed by atoms with Crippen LogP contribution in [0.15, 0.2) is 42.5 Å². The molecule has 2 aromatic carbocycles. The van der Waals surface area contributed by atoms with Gasteiger partial charge in [-0.25, -0.2) is 4.79 Å². The van der Waals surface area contributed by atoms with Crippen molar-refractivity contribution >= 4 is 34.9 Å². The first-order valence-corrected chi connectivity index (χ1v) is 7.78. The summed E-state index contributed by atoms with van der Waals surface area (Å²) in [7, 11) is 0. The second-order valence-corrected chi connectivity index (χ2v) is 5.51. The van der Waals surface area contributed by atoms with Crippen LogP contribution in [0.25, 0.3) is 0 Å². The highest BCUT2D eigenvalue weighted by Gasteiger charge is 2.18. The maximum atomic E-state index is 11.9. The number of aryl methyl sites for hydroxylation is 1. The Balaban J connectivity index is 1.96. The van der Waals surface area contributed by atoms with Gasteiger partial charge in [-0.2, -0.15) is 0 Å². The zero-order valence-corrected chi connectivity index (χ0v) is 14.1. The van der Waals surface area contributed by atoms with Crippen molar-refractivity contribution in [3.05, 3.63) is 68.7 Å². The summed E-state index contributed by atoms with van der Waals surface area (Å²) < 4.78 is 4.88. The van der Waals surface area contributed by atoms with Gasteiger partial charge in [-0.1, -0.05) is 30.7 Å². The molecule has 7 nitrogen and oxygen atoms in total. The molecule has 2 rings (SSSR count). The highest BCUT2D eigenvalue weighted by Crippen LogP contribution is 2.25. The van der Waals surface area contributed by atoms with Crippen LogP contribution in [0.4, 0.5) is 11.4 Å². The Morgan fingerprint density at radius 3 is 2.68 bits per heavy atom. The number of anilines is 1. The quantitative estimate of drug-likeness (QED) is 0.481. The molecule has 0 atom stereocenters. The number of nitrogens with one attached hydrogen (secondary N) is 1. The standard InChI is InChI=1S/C17H15ClN2O5/c1-2-11-4-3-5-13(8-11)19-16(21)10-25-17(22)12-6-7-14(18)15(9-12)20(23)24/h3-9H,2,10H2,1H3,(H,19,21). The molecule has 25 heavy (non-hydrogen) atoms. The van der Waals surface area contributed by atoms with Crippen LogP contribution in [0.3, 0.4) is 0 Å². The number of rotatable bonds is 6. The molecule has 0 fully saturated rings. The van der Waals surface area contributed by atoms with Crippen molar-refractivity contribution in [1.29, 1.82) is 0 Å². The first-order valence-electron chi connectivity index (χ1n) is 7.40. The SMILES string of the molecule is CCc1cccc(NC(=O)COC(=O)c2ccc(Cl)c([N+](=O)[O-])c2)c1. The average molecular weight is 363 g/mol. The maximum absolute atomic E-state index is 11.9. The van der Waals surface area contributed by atoms with Crippen LogP contribution < -0.4 is 5.32 Å². The maximum Gasteiger partial charge on any atom is 0.338 e. The Morgan fingerprint density at radius 2 is 2.00 bits per heavy atom. The summed E-state index contributed by atoms with van der Waals surface area (Å²) in [4.78, 5) is 33.9. The van der Waals surface area contributed by atoms with E-state index < -0.39 is 29.1 Å². The summed E-state index contributed by atoms with van der Waals surface area (Å²) >= 11 is 5.68. The number of hydrogen-bond acceptors (Lipinski definition) is 5. The van der Waals surface area contributed by atoms with Gasteiger partial charge in [-0.05, 0) is 36.2 Å². The number of halogens is 1. The number of benzene rings is 2. The molecule has 0 saturated carbocycles. The summed E-state index contributed by atoms with van der Waals surface area (Å²) in [5.41, 5.74) is 1.19. The minimum atomic E-state index is -0.850. The minimum absolute atomic E-state index is 0.0584. The van der Waals surface area contributed by atoms with E-state index in [2.05, 4.69) is 5.32 Å². The van der Waals surface area contributed by atoms with Crippen LogP contribution in [0.5, 0.6) is 0 Å². The Bertz CT molecular complexity index is 822. The van der Waals surface area contributed by atoms with E-state index in [-0.39, 0.29) is 10.6 Å². The van der Waals surface area contributed by atoms with Gasteiger partial charge in [0.05, 0.1) is 10.5 Å². The Hall–Kier alpha value is -2.93. The average Bonchev–Trinajstić information content (AvgIpc) is 2.60. The second kappa shape index (κ2) is 8.25. The fourth-order valence-electron chi connectivity index (χ4n) is 2.06. The summed E-state index contributed by atoms with van der Waals surface area (Å²) in [6.07, 6.45) is 0.827. The lowest BCUT2D eigenvalue weighted by Gasteiger charge is -2.08. The highest BCUT2D eigenvalue weighted by atomic mass is 35.5. The van der Waals surface area contributed by atoms with Gasteiger partial charge in [0.15, 0.2) is 6.61 Å². The van der Waals surface area contributed by atoms with Crippen LogP contribution in [0.1, 0.15) is 22.8 Å². The zero-order valence-electron chi connectivity index (χ0n) is 13.3. The van der Waals surface area contributed by atoms with E-state index in [1.807, 2.05) is 25.1 Å². The van der Waals surface area contributed by atoms with E-state index in [4.69, 9.17) is 16.3 Å². The monoisotopic (exact) mass is 362 g/mol. The third kappa shape index (κ3) is 5.02. The van der Waals surface area contributed by atoms with Gasteiger partial charge in [0.2, 0.25) is 0 Å². The first-order chi connectivity index (χ1) is 11.9. The lowest BCUT2D eigenvalue weighted by Crippen LogP contribution is -2.21. The summed E-state index contributed by atoms with van der Waals surface area (Å²) in [5.74, 6) is -1.36. The van der Waals surface area contributed by atoms with Crippen LogP contribution in [0.2, 0.25) is 5.02 Å². The topological polar surface area (TPSA) is 98.5 Å². The highest BCUT2D eigenvalue weighted by molar-refractivity contribution is 6.32. The van der Waals surface area contributed by atoms with Crippen molar-refractivity contribution in [1.82, 2.24) is 0 Å². The predicted molar refractivity (Wildman–Crippen MR) is 92.8 cm³/mol. The fraction of sp³-hybridized carbons (Fsp3) is 0.176. The van der Waals surface area contributed by atoms with Gasteiger partial charge in [-0.15, -0.1) is 0 Å². The van der Waals surface area contributed by atoms with Crippen LogP contribution in [0, 0.1) is 10.1 Å². The third-order valence-corrected chi connectivity index (χ3v) is 3.65. The number of carbonyl (C=O) groups excluding carboxylic acids is 2. The number of hydrogen-bond donors (Lipinski definition) is 1. The van der Waals surface area contributed by atoms with Crippen LogP contribution in [-0.4, -0.2) is 23.4 Å². The number of carbonyl (C=O) groups is 2. The molecular formula is C17H15ClN2O5. The molecule has 0 heterocycles. The molecule has 2 aromatic rings. The molecule has 0 aliphatic heterocycles. The van der Waals surface area contributed by atoms with Crippen LogP contribution in [-0.2, 0) is 16.0 Å². The van der Waals surface area contributed by atoms with E-state index >= 15 is 0 Å². The molecule has 1 N–H and O–H groups in total. The van der Waals surface area contributed by atoms with Gasteiger partial charge in [0.1, 0.15) is 5.02 Å². The third-order valence-electron chi connectivity index (χ3n) is 3.33. The smallest absolute Gasteiger partial charge is 0.338 e. The van der Waals surface area contributed by atoms with Crippen molar-refractivity contribution in [3.63, 3.8) is 0 Å². The summed E-state index contributed by atoms with van der Waals surface area (Å²) in [6, 6.07) is 10.8. The number of nitro groups is 1. The number of ether oxygens (including phenoxy) is 1. The molecule has 0 saturated heterocycles. The molecule has 1 amide bonds. The molecule has 0 unspecified atom stereocenters. The van der Waals surface area contributed by atoms with Crippen molar-refractivity contribution in [2.24, 2.45) is 0 Å².